The summed E-state index contributed by atoms with van der Waals surface area (Å²) in [6, 6.07) is 14.3. The van der Waals surface area contributed by atoms with Crippen LogP contribution in [0.25, 0.3) is 10.9 Å². The van der Waals surface area contributed by atoms with Crippen molar-refractivity contribution >= 4 is 20.7 Å². The number of aromatic nitrogens is 1. The SMILES string of the molecule is COc1cc2c(Oc3ccc(CS(=O)(=O)c4ccccc4C(F)(F)F)cc3C)ccnc2cc1OCCCN1CCC(C)CC1. The summed E-state index contributed by atoms with van der Waals surface area (Å²) in [7, 11) is -2.70. The van der Waals surface area contributed by atoms with Crippen molar-refractivity contribution in [1.82, 2.24) is 9.88 Å². The number of rotatable bonds is 11. The third-order valence-corrected chi connectivity index (χ3v) is 9.82. The third-order valence-electron chi connectivity index (χ3n) is 8.08. The van der Waals surface area contributed by atoms with Gasteiger partial charge in [0.15, 0.2) is 21.3 Å². The molecule has 1 fully saturated rings. The summed E-state index contributed by atoms with van der Waals surface area (Å²) in [6.45, 7) is 7.85. The van der Waals surface area contributed by atoms with E-state index in [4.69, 9.17) is 14.2 Å². The second kappa shape index (κ2) is 13.7. The van der Waals surface area contributed by atoms with Crippen LogP contribution in [0.15, 0.2) is 71.8 Å². The van der Waals surface area contributed by atoms with Crippen LogP contribution in [0.1, 0.15) is 42.9 Å². The fourth-order valence-corrected chi connectivity index (χ4v) is 7.13. The number of hydrogen-bond donors (Lipinski definition) is 0. The Bertz CT molecular complexity index is 1750. The molecule has 0 unspecified atom stereocenters. The lowest BCUT2D eigenvalue weighted by molar-refractivity contribution is -0.139. The Morgan fingerprint density at radius 2 is 1.71 bits per heavy atom. The maximum absolute atomic E-state index is 13.5. The molecule has 0 bridgehead atoms. The maximum Gasteiger partial charge on any atom is 0.417 e. The molecule has 7 nitrogen and oxygen atoms in total. The molecule has 0 atom stereocenters. The second-order valence-electron chi connectivity index (χ2n) is 11.5. The summed E-state index contributed by atoms with van der Waals surface area (Å²) >= 11 is 0. The van der Waals surface area contributed by atoms with Crippen molar-refractivity contribution in [2.75, 3.05) is 33.4 Å². The quantitative estimate of drug-likeness (QED) is 0.154. The van der Waals surface area contributed by atoms with Gasteiger partial charge in [-0.3, -0.25) is 4.98 Å². The highest BCUT2D eigenvalue weighted by Crippen LogP contribution is 2.39. The van der Waals surface area contributed by atoms with Crippen molar-refractivity contribution in [2.45, 2.75) is 49.9 Å². The molecule has 0 amide bonds. The number of pyridine rings is 1. The minimum Gasteiger partial charge on any atom is -0.493 e. The zero-order chi connectivity index (χ0) is 32.2. The number of nitrogens with zero attached hydrogens (tertiary/aromatic N) is 2. The van der Waals surface area contributed by atoms with Crippen LogP contribution in [0.5, 0.6) is 23.0 Å². The van der Waals surface area contributed by atoms with Gasteiger partial charge in [0.2, 0.25) is 0 Å². The summed E-state index contributed by atoms with van der Waals surface area (Å²) in [6.07, 6.45) is 0.214. The zero-order valence-electron chi connectivity index (χ0n) is 25.6. The van der Waals surface area contributed by atoms with Crippen molar-refractivity contribution < 1.29 is 35.8 Å². The van der Waals surface area contributed by atoms with Crippen LogP contribution < -0.4 is 14.2 Å². The number of hydrogen-bond acceptors (Lipinski definition) is 7. The highest BCUT2D eigenvalue weighted by Gasteiger charge is 2.36. The van der Waals surface area contributed by atoms with Crippen LogP contribution in [-0.4, -0.2) is 51.7 Å². The van der Waals surface area contributed by atoms with Gasteiger partial charge in [0.1, 0.15) is 11.5 Å². The molecule has 1 aliphatic heterocycles. The Kier molecular flexibility index (Phi) is 9.88. The Balaban J connectivity index is 1.29. The van der Waals surface area contributed by atoms with E-state index in [9.17, 15) is 21.6 Å². The average Bonchev–Trinajstić information content (AvgIpc) is 3.00. The summed E-state index contributed by atoms with van der Waals surface area (Å²) in [5.74, 6) is 2.32. The first-order valence-corrected chi connectivity index (χ1v) is 16.6. The molecule has 1 saturated heterocycles. The van der Waals surface area contributed by atoms with E-state index in [1.807, 2.05) is 12.1 Å². The van der Waals surface area contributed by atoms with Crippen molar-refractivity contribution in [3.63, 3.8) is 0 Å². The topological polar surface area (TPSA) is 78.0 Å². The van der Waals surface area contributed by atoms with Crippen LogP contribution in [-0.2, 0) is 21.8 Å². The molecule has 0 saturated carbocycles. The number of aryl methyl sites for hydroxylation is 1. The Hall–Kier alpha value is -3.83. The van der Waals surface area contributed by atoms with Crippen LogP contribution in [0.3, 0.4) is 0 Å². The highest BCUT2D eigenvalue weighted by molar-refractivity contribution is 7.90. The van der Waals surface area contributed by atoms with Gasteiger partial charge < -0.3 is 19.1 Å². The Morgan fingerprint density at radius 1 is 0.956 bits per heavy atom. The minimum atomic E-state index is -4.79. The smallest absolute Gasteiger partial charge is 0.417 e. The molecule has 0 N–H and O–H groups in total. The summed E-state index contributed by atoms with van der Waals surface area (Å²) in [4.78, 5) is 6.22. The number of halogens is 3. The predicted octanol–water partition coefficient (Wildman–Crippen LogP) is 7.84. The number of fused-ring (bicyclic) bond motifs is 1. The Morgan fingerprint density at radius 3 is 2.42 bits per heavy atom. The largest absolute Gasteiger partial charge is 0.493 e. The van der Waals surface area contributed by atoms with Crippen molar-refractivity contribution in [2.24, 2.45) is 5.92 Å². The van der Waals surface area contributed by atoms with Gasteiger partial charge in [0.25, 0.3) is 0 Å². The number of methoxy groups -OCH3 is 1. The third kappa shape index (κ3) is 7.88. The zero-order valence-corrected chi connectivity index (χ0v) is 26.4. The number of alkyl halides is 3. The van der Waals surface area contributed by atoms with Gasteiger partial charge in [-0.2, -0.15) is 13.2 Å². The molecule has 0 spiro atoms. The lowest BCUT2D eigenvalue weighted by atomic mass is 9.99. The van der Waals surface area contributed by atoms with Crippen molar-refractivity contribution in [1.29, 1.82) is 0 Å². The van der Waals surface area contributed by atoms with Crippen LogP contribution in [0.2, 0.25) is 0 Å². The fourth-order valence-electron chi connectivity index (χ4n) is 5.55. The lowest BCUT2D eigenvalue weighted by Gasteiger charge is -2.30. The second-order valence-corrected chi connectivity index (χ2v) is 13.5. The van der Waals surface area contributed by atoms with E-state index in [1.165, 1.54) is 31.0 Å². The lowest BCUT2D eigenvalue weighted by Crippen LogP contribution is -2.34. The van der Waals surface area contributed by atoms with E-state index >= 15 is 0 Å². The van der Waals surface area contributed by atoms with Gasteiger partial charge in [-0.1, -0.05) is 31.2 Å². The molecule has 5 rings (SSSR count). The monoisotopic (exact) mass is 642 g/mol. The molecule has 45 heavy (non-hydrogen) atoms. The molecular formula is C34H37F3N2O5S. The van der Waals surface area contributed by atoms with E-state index in [0.29, 0.717) is 51.6 Å². The number of likely N-dealkylation sites (tertiary alicyclic amines) is 1. The summed E-state index contributed by atoms with van der Waals surface area (Å²) in [5, 5.41) is 0.693. The number of ether oxygens (including phenoxy) is 3. The maximum atomic E-state index is 13.5. The van der Waals surface area contributed by atoms with Crippen LogP contribution in [0, 0.1) is 12.8 Å². The van der Waals surface area contributed by atoms with E-state index < -0.39 is 32.2 Å². The van der Waals surface area contributed by atoms with Crippen molar-refractivity contribution in [3.8, 4) is 23.0 Å². The molecular weight excluding hydrogens is 605 g/mol. The molecule has 11 heteroatoms. The van der Waals surface area contributed by atoms with Gasteiger partial charge in [-0.15, -0.1) is 0 Å². The van der Waals surface area contributed by atoms with Gasteiger partial charge in [0.05, 0.1) is 35.4 Å². The van der Waals surface area contributed by atoms with Gasteiger partial charge in [-0.25, -0.2) is 8.42 Å². The normalized spacial score (nSPS) is 14.9. The molecule has 2 heterocycles. The molecule has 0 radical (unpaired) electrons. The van der Waals surface area contributed by atoms with Gasteiger partial charge in [0, 0.05) is 24.2 Å². The standard InChI is InChI=1S/C34H37F3N2O5S/c1-23-12-16-39(17-13-23)15-6-18-43-32-21-28-26(20-31(32)42-3)30(11-14-38-28)44-29-10-9-25(19-24(29)2)22-45(40,41)33-8-5-4-7-27(33)34(35,36)37/h4-5,7-11,14,19-21,23H,6,12-13,15-18,22H2,1-3H3. The molecule has 4 aromatic rings. The van der Waals surface area contributed by atoms with Gasteiger partial charge >= 0.3 is 6.18 Å². The van der Waals surface area contributed by atoms with E-state index in [1.54, 1.807) is 38.4 Å². The van der Waals surface area contributed by atoms with Crippen molar-refractivity contribution in [3.05, 3.63) is 83.6 Å². The van der Waals surface area contributed by atoms with E-state index in [-0.39, 0.29) is 0 Å². The molecule has 0 aliphatic carbocycles. The average molecular weight is 643 g/mol. The first-order chi connectivity index (χ1) is 21.4. The summed E-state index contributed by atoms with van der Waals surface area (Å²) in [5.41, 5.74) is 0.431. The number of piperidine rings is 1. The molecule has 240 valence electrons. The van der Waals surface area contributed by atoms with Gasteiger partial charge in [-0.05, 0) is 86.7 Å². The molecule has 1 aromatic heterocycles. The highest BCUT2D eigenvalue weighted by atomic mass is 32.2. The predicted molar refractivity (Wildman–Crippen MR) is 167 cm³/mol. The Labute approximate surface area is 261 Å². The number of sulfone groups is 1. The van der Waals surface area contributed by atoms with E-state index in [0.717, 1.165) is 44.1 Å². The van der Waals surface area contributed by atoms with Crippen LogP contribution in [0.4, 0.5) is 13.2 Å². The minimum absolute atomic E-state index is 0.342. The summed E-state index contributed by atoms with van der Waals surface area (Å²) < 4.78 is 84.3. The first-order valence-electron chi connectivity index (χ1n) is 14.9. The fraction of sp³-hybridized carbons (Fsp3) is 0.382. The first kappa shape index (κ1) is 32.6. The van der Waals surface area contributed by atoms with E-state index in [2.05, 4.69) is 16.8 Å². The molecule has 3 aromatic carbocycles. The van der Waals surface area contributed by atoms with Crippen LogP contribution >= 0.6 is 0 Å². The molecule has 1 aliphatic rings. The number of benzene rings is 3.